The molecule has 0 aromatic heterocycles. The molecule has 0 saturated carbocycles. The quantitative estimate of drug-likeness (QED) is 0.753. The smallest absolute Gasteiger partial charge is 0.243 e. The van der Waals surface area contributed by atoms with Crippen LogP contribution >= 0.6 is 0 Å². The molecule has 0 bridgehead atoms. The van der Waals surface area contributed by atoms with Gasteiger partial charge in [-0.1, -0.05) is 6.42 Å². The van der Waals surface area contributed by atoms with Gasteiger partial charge < -0.3 is 15.2 Å². The summed E-state index contributed by atoms with van der Waals surface area (Å²) in [5.41, 5.74) is 5.29. The summed E-state index contributed by atoms with van der Waals surface area (Å²) in [4.78, 5) is 11.4. The highest BCUT2D eigenvalue weighted by Gasteiger charge is 2.34. The van der Waals surface area contributed by atoms with E-state index in [2.05, 4.69) is 0 Å². The van der Waals surface area contributed by atoms with Crippen molar-refractivity contribution >= 4 is 15.9 Å². The molecular formula is C17H26N2O5S. The van der Waals surface area contributed by atoms with Crippen LogP contribution in [0.3, 0.4) is 0 Å². The summed E-state index contributed by atoms with van der Waals surface area (Å²) in [5, 5.41) is 0. The number of carbonyl (C=O) groups is 1. The fourth-order valence-electron chi connectivity index (χ4n) is 3.05. The number of rotatable bonds is 8. The molecular weight excluding hydrogens is 344 g/mol. The molecule has 140 valence electrons. The third kappa shape index (κ3) is 4.64. The molecule has 1 saturated heterocycles. The van der Waals surface area contributed by atoms with Crippen LogP contribution in [0.25, 0.3) is 0 Å². The van der Waals surface area contributed by atoms with E-state index in [1.165, 1.54) is 16.4 Å². The fraction of sp³-hybridized carbons (Fsp3) is 0.588. The van der Waals surface area contributed by atoms with Crippen LogP contribution in [-0.4, -0.2) is 44.4 Å². The van der Waals surface area contributed by atoms with Crippen molar-refractivity contribution in [3.8, 4) is 11.5 Å². The Labute approximate surface area is 149 Å². The van der Waals surface area contributed by atoms with Crippen molar-refractivity contribution in [2.24, 2.45) is 5.73 Å². The van der Waals surface area contributed by atoms with Gasteiger partial charge in [0.05, 0.1) is 18.1 Å². The zero-order chi connectivity index (χ0) is 18.4. The number of hydrogen-bond acceptors (Lipinski definition) is 5. The number of benzene rings is 1. The lowest BCUT2D eigenvalue weighted by molar-refractivity contribution is -0.119. The van der Waals surface area contributed by atoms with Crippen LogP contribution in [-0.2, 0) is 14.8 Å². The summed E-state index contributed by atoms with van der Waals surface area (Å²) in [6, 6.07) is 4.21. The Morgan fingerprint density at radius 3 is 2.52 bits per heavy atom. The Morgan fingerprint density at radius 2 is 1.88 bits per heavy atom. The second-order valence-electron chi connectivity index (χ2n) is 5.91. The SMILES string of the molecule is CCOc1ccc(S(=O)(=O)N2CCCCC2CC(N)=O)cc1OCC. The van der Waals surface area contributed by atoms with Gasteiger partial charge >= 0.3 is 0 Å². The molecule has 1 atom stereocenters. The van der Waals surface area contributed by atoms with Crippen molar-refractivity contribution in [3.63, 3.8) is 0 Å². The van der Waals surface area contributed by atoms with E-state index < -0.39 is 22.0 Å². The van der Waals surface area contributed by atoms with Crippen LogP contribution in [0.2, 0.25) is 0 Å². The molecule has 25 heavy (non-hydrogen) atoms. The van der Waals surface area contributed by atoms with Crippen molar-refractivity contribution in [3.05, 3.63) is 18.2 Å². The minimum Gasteiger partial charge on any atom is -0.490 e. The Balaban J connectivity index is 2.36. The van der Waals surface area contributed by atoms with Gasteiger partial charge in [-0.15, -0.1) is 0 Å². The normalized spacial score (nSPS) is 18.7. The largest absolute Gasteiger partial charge is 0.490 e. The van der Waals surface area contributed by atoms with Gasteiger partial charge in [0.25, 0.3) is 0 Å². The Kier molecular flexibility index (Phi) is 6.66. The number of piperidine rings is 1. The predicted molar refractivity (Wildman–Crippen MR) is 94.1 cm³/mol. The van der Waals surface area contributed by atoms with Crippen molar-refractivity contribution < 1.29 is 22.7 Å². The molecule has 1 unspecified atom stereocenters. The molecule has 0 radical (unpaired) electrons. The minimum absolute atomic E-state index is 0.0363. The molecule has 1 amide bonds. The third-order valence-corrected chi connectivity index (χ3v) is 6.08. The molecule has 1 aliphatic heterocycles. The Bertz CT molecular complexity index is 705. The van der Waals surface area contributed by atoms with E-state index in [-0.39, 0.29) is 11.3 Å². The number of ether oxygens (including phenoxy) is 2. The summed E-state index contributed by atoms with van der Waals surface area (Å²) in [6.07, 6.45) is 2.33. The van der Waals surface area contributed by atoms with Gasteiger partial charge in [0, 0.05) is 25.1 Å². The first kappa shape index (κ1) is 19.5. The zero-order valence-corrected chi connectivity index (χ0v) is 15.5. The van der Waals surface area contributed by atoms with Crippen molar-refractivity contribution in [1.82, 2.24) is 4.31 Å². The molecule has 0 spiro atoms. The number of amides is 1. The molecule has 2 N–H and O–H groups in total. The average Bonchev–Trinajstić information content (AvgIpc) is 2.56. The molecule has 1 fully saturated rings. The van der Waals surface area contributed by atoms with Crippen LogP contribution in [0.15, 0.2) is 23.1 Å². The van der Waals surface area contributed by atoms with Gasteiger partial charge in [-0.05, 0) is 38.8 Å². The van der Waals surface area contributed by atoms with E-state index in [1.807, 2.05) is 13.8 Å². The number of hydrogen-bond donors (Lipinski definition) is 1. The third-order valence-electron chi connectivity index (χ3n) is 4.13. The monoisotopic (exact) mass is 370 g/mol. The fourth-order valence-corrected chi connectivity index (χ4v) is 4.76. The average molecular weight is 370 g/mol. The number of nitrogens with two attached hydrogens (primary N) is 1. The van der Waals surface area contributed by atoms with Crippen molar-refractivity contribution in [2.75, 3.05) is 19.8 Å². The molecule has 7 nitrogen and oxygen atoms in total. The second kappa shape index (κ2) is 8.53. The first-order valence-corrected chi connectivity index (χ1v) is 10.0. The molecule has 1 heterocycles. The van der Waals surface area contributed by atoms with Gasteiger partial charge in [-0.3, -0.25) is 4.79 Å². The molecule has 2 rings (SSSR count). The molecule has 0 aliphatic carbocycles. The van der Waals surface area contributed by atoms with Crippen LogP contribution in [0.4, 0.5) is 0 Å². The highest BCUT2D eigenvalue weighted by molar-refractivity contribution is 7.89. The first-order valence-electron chi connectivity index (χ1n) is 8.60. The van der Waals surface area contributed by atoms with Crippen LogP contribution in [0, 0.1) is 0 Å². The standard InChI is InChI=1S/C17H26N2O5S/c1-3-23-15-9-8-14(12-16(15)24-4-2)25(21,22)19-10-6-5-7-13(19)11-17(18)20/h8-9,12-13H,3-7,10-11H2,1-2H3,(H2,18,20). The number of primary amides is 1. The minimum atomic E-state index is -3.74. The number of carbonyl (C=O) groups excluding carboxylic acids is 1. The number of nitrogens with zero attached hydrogens (tertiary/aromatic N) is 1. The zero-order valence-electron chi connectivity index (χ0n) is 14.7. The predicted octanol–water partition coefficient (Wildman–Crippen LogP) is 1.90. The maximum atomic E-state index is 13.1. The summed E-state index contributed by atoms with van der Waals surface area (Å²) >= 11 is 0. The highest BCUT2D eigenvalue weighted by Crippen LogP contribution is 2.33. The lowest BCUT2D eigenvalue weighted by atomic mass is 10.0. The van der Waals surface area contributed by atoms with Gasteiger partial charge in [0.15, 0.2) is 11.5 Å². The van der Waals surface area contributed by atoms with E-state index in [0.29, 0.717) is 37.7 Å². The van der Waals surface area contributed by atoms with Gasteiger partial charge in [0.1, 0.15) is 0 Å². The van der Waals surface area contributed by atoms with Gasteiger partial charge in [-0.25, -0.2) is 8.42 Å². The molecule has 1 aliphatic rings. The topological polar surface area (TPSA) is 98.9 Å². The lowest BCUT2D eigenvalue weighted by Gasteiger charge is -2.34. The van der Waals surface area contributed by atoms with Crippen LogP contribution < -0.4 is 15.2 Å². The maximum Gasteiger partial charge on any atom is 0.243 e. The summed E-state index contributed by atoms with van der Waals surface area (Å²) in [6.45, 7) is 4.92. The Hall–Kier alpha value is -1.80. The summed E-state index contributed by atoms with van der Waals surface area (Å²) in [7, 11) is -3.74. The van der Waals surface area contributed by atoms with E-state index in [4.69, 9.17) is 15.2 Å². The van der Waals surface area contributed by atoms with Gasteiger partial charge in [0.2, 0.25) is 15.9 Å². The van der Waals surface area contributed by atoms with E-state index >= 15 is 0 Å². The van der Waals surface area contributed by atoms with Gasteiger partial charge in [-0.2, -0.15) is 4.31 Å². The molecule has 1 aromatic rings. The maximum absolute atomic E-state index is 13.1. The van der Waals surface area contributed by atoms with Crippen LogP contribution in [0.1, 0.15) is 39.5 Å². The lowest BCUT2D eigenvalue weighted by Crippen LogP contribution is -2.45. The Morgan fingerprint density at radius 1 is 1.20 bits per heavy atom. The van der Waals surface area contributed by atoms with E-state index in [1.54, 1.807) is 6.07 Å². The molecule has 8 heteroatoms. The number of sulfonamides is 1. The van der Waals surface area contributed by atoms with E-state index in [9.17, 15) is 13.2 Å². The summed E-state index contributed by atoms with van der Waals surface area (Å²) in [5.74, 6) is 0.415. The first-order chi connectivity index (χ1) is 11.9. The van der Waals surface area contributed by atoms with E-state index in [0.717, 1.165) is 12.8 Å². The summed E-state index contributed by atoms with van der Waals surface area (Å²) < 4.78 is 38.6. The van der Waals surface area contributed by atoms with Crippen molar-refractivity contribution in [1.29, 1.82) is 0 Å². The highest BCUT2D eigenvalue weighted by atomic mass is 32.2. The second-order valence-corrected chi connectivity index (χ2v) is 7.80. The van der Waals surface area contributed by atoms with Crippen molar-refractivity contribution in [2.45, 2.75) is 50.5 Å². The van der Waals surface area contributed by atoms with Crippen LogP contribution in [0.5, 0.6) is 11.5 Å². The molecule has 1 aromatic carbocycles.